The Morgan fingerprint density at radius 3 is 2.23 bits per heavy atom. The number of rotatable bonds is 11. The number of carbonyl (C=O) groups excluding carboxylic acids is 1. The van der Waals surface area contributed by atoms with Gasteiger partial charge in [0, 0.05) is 13.1 Å². The van der Waals surface area contributed by atoms with Crippen LogP contribution in [-0.4, -0.2) is 47.1 Å². The third-order valence-corrected chi connectivity index (χ3v) is 5.91. The number of likely N-dealkylation sites (N-methyl/N-ethyl adjacent to an activating group) is 1. The second-order valence-electron chi connectivity index (χ2n) is 8.08. The van der Waals surface area contributed by atoms with Crippen molar-refractivity contribution in [3.63, 3.8) is 0 Å². The van der Waals surface area contributed by atoms with E-state index in [1.807, 2.05) is 54.3 Å². The van der Waals surface area contributed by atoms with Crippen LogP contribution < -0.4 is 26.5 Å². The second-order valence-corrected chi connectivity index (χ2v) is 8.08. The highest BCUT2D eigenvalue weighted by atomic mass is 16.5. The molecule has 3 rings (SSSR count). The Morgan fingerprint density at radius 2 is 1.63 bits per heavy atom. The van der Waals surface area contributed by atoms with E-state index >= 15 is 0 Å². The molecular formula is C26H32N4O5. The Kier molecular flexibility index (Phi) is 8.48. The van der Waals surface area contributed by atoms with Crippen LogP contribution in [0.3, 0.4) is 0 Å². The molecule has 1 heterocycles. The van der Waals surface area contributed by atoms with Gasteiger partial charge >= 0.3 is 5.69 Å². The summed E-state index contributed by atoms with van der Waals surface area (Å²) >= 11 is 0. The number of methoxy groups -OCH3 is 2. The summed E-state index contributed by atoms with van der Waals surface area (Å²) in [6.45, 7) is 4.90. The van der Waals surface area contributed by atoms with Crippen molar-refractivity contribution in [3.8, 4) is 11.5 Å². The van der Waals surface area contributed by atoms with Crippen LogP contribution in [0, 0.1) is 0 Å². The number of nitrogen functional groups attached to an aromatic ring is 1. The third-order valence-electron chi connectivity index (χ3n) is 5.91. The van der Waals surface area contributed by atoms with E-state index in [1.54, 1.807) is 27.2 Å². The van der Waals surface area contributed by atoms with Crippen LogP contribution in [0.5, 0.6) is 11.5 Å². The molecular weight excluding hydrogens is 448 g/mol. The zero-order valence-corrected chi connectivity index (χ0v) is 20.6. The van der Waals surface area contributed by atoms with E-state index in [9.17, 15) is 14.4 Å². The maximum Gasteiger partial charge on any atom is 0.332 e. The van der Waals surface area contributed by atoms with Gasteiger partial charge in [-0.15, -0.1) is 0 Å². The van der Waals surface area contributed by atoms with E-state index in [2.05, 4.69) is 0 Å². The molecule has 0 aliphatic carbocycles. The maximum absolute atomic E-state index is 13.4. The van der Waals surface area contributed by atoms with Gasteiger partial charge in [0.2, 0.25) is 0 Å². The number of Topliss-reactive ketones (excluding diaryl/α,β-unsaturated/α-hetero) is 1. The molecule has 0 aliphatic rings. The van der Waals surface area contributed by atoms with Gasteiger partial charge in [0.25, 0.3) is 5.56 Å². The molecule has 0 radical (unpaired) electrons. The van der Waals surface area contributed by atoms with E-state index < -0.39 is 17.0 Å². The van der Waals surface area contributed by atoms with E-state index in [0.29, 0.717) is 24.6 Å². The minimum atomic E-state index is -0.661. The Balaban J connectivity index is 1.93. The number of anilines is 1. The van der Waals surface area contributed by atoms with Gasteiger partial charge in [-0.25, -0.2) is 4.79 Å². The van der Waals surface area contributed by atoms with Gasteiger partial charge in [-0.05, 0) is 36.7 Å². The Hall–Kier alpha value is -3.85. The van der Waals surface area contributed by atoms with Gasteiger partial charge in [0.05, 0.1) is 27.3 Å². The van der Waals surface area contributed by atoms with Gasteiger partial charge in [-0.3, -0.25) is 23.6 Å². The lowest BCUT2D eigenvalue weighted by Crippen LogP contribution is -2.45. The summed E-state index contributed by atoms with van der Waals surface area (Å²) in [6.07, 6.45) is 0. The normalized spacial score (nSPS) is 11.0. The lowest BCUT2D eigenvalue weighted by molar-refractivity contribution is 0.0927. The highest BCUT2D eigenvalue weighted by molar-refractivity contribution is 6.01. The zero-order valence-electron chi connectivity index (χ0n) is 20.6. The molecule has 3 aromatic rings. The van der Waals surface area contributed by atoms with Gasteiger partial charge in [0.1, 0.15) is 11.4 Å². The Bertz CT molecular complexity index is 1300. The molecule has 0 saturated carbocycles. The highest BCUT2D eigenvalue weighted by Gasteiger charge is 2.24. The zero-order chi connectivity index (χ0) is 25.5. The van der Waals surface area contributed by atoms with E-state index in [4.69, 9.17) is 15.2 Å². The number of carbonyl (C=O) groups is 1. The van der Waals surface area contributed by atoms with Crippen molar-refractivity contribution in [2.45, 2.75) is 33.5 Å². The topological polar surface area (TPSA) is 109 Å². The molecule has 0 bridgehead atoms. The van der Waals surface area contributed by atoms with Gasteiger partial charge in [0.15, 0.2) is 17.3 Å². The number of aromatic nitrogens is 2. The van der Waals surface area contributed by atoms with Crippen molar-refractivity contribution in [1.82, 2.24) is 14.0 Å². The molecule has 0 amide bonds. The first-order valence-electron chi connectivity index (χ1n) is 11.5. The molecule has 2 aromatic carbocycles. The van der Waals surface area contributed by atoms with E-state index in [0.717, 1.165) is 15.7 Å². The van der Waals surface area contributed by atoms with Crippen LogP contribution >= 0.6 is 0 Å². The number of nitrogens with two attached hydrogens (primary N) is 1. The largest absolute Gasteiger partial charge is 0.493 e. The predicted octanol–water partition coefficient (Wildman–Crippen LogP) is 2.38. The monoisotopic (exact) mass is 480 g/mol. The molecule has 9 nitrogen and oxygen atoms in total. The van der Waals surface area contributed by atoms with Crippen LogP contribution in [0.2, 0.25) is 0 Å². The van der Waals surface area contributed by atoms with Gasteiger partial charge in [-0.2, -0.15) is 0 Å². The number of ether oxygens (including phenoxy) is 2. The first-order valence-corrected chi connectivity index (χ1v) is 11.5. The summed E-state index contributed by atoms with van der Waals surface area (Å²) in [5.41, 5.74) is 6.68. The number of hydrogen-bond donors (Lipinski definition) is 1. The van der Waals surface area contributed by atoms with Crippen molar-refractivity contribution in [2.24, 2.45) is 0 Å². The smallest absolute Gasteiger partial charge is 0.332 e. The maximum atomic E-state index is 13.4. The average Bonchev–Trinajstić information content (AvgIpc) is 2.87. The lowest BCUT2D eigenvalue weighted by Gasteiger charge is -2.21. The van der Waals surface area contributed by atoms with Gasteiger partial charge < -0.3 is 15.2 Å². The van der Waals surface area contributed by atoms with Crippen molar-refractivity contribution in [3.05, 3.63) is 86.1 Å². The first-order chi connectivity index (χ1) is 16.8. The van der Waals surface area contributed by atoms with Crippen LogP contribution in [-0.2, 0) is 19.6 Å². The Morgan fingerprint density at radius 1 is 0.943 bits per heavy atom. The SMILES string of the molecule is CCN(CC(=O)c1c(N)n(Cc2ccccc2)c(=O)n(CC)c1=O)Cc1ccc(OC)c(OC)c1. The molecule has 35 heavy (non-hydrogen) atoms. The third kappa shape index (κ3) is 5.63. The summed E-state index contributed by atoms with van der Waals surface area (Å²) in [6, 6.07) is 14.8. The van der Waals surface area contributed by atoms with Crippen LogP contribution in [0.1, 0.15) is 35.3 Å². The van der Waals surface area contributed by atoms with Crippen molar-refractivity contribution >= 4 is 11.6 Å². The second kappa shape index (κ2) is 11.5. The first kappa shape index (κ1) is 25.8. The molecule has 0 atom stereocenters. The molecule has 0 aliphatic heterocycles. The molecule has 0 saturated heterocycles. The fourth-order valence-corrected chi connectivity index (χ4v) is 3.97. The quantitative estimate of drug-likeness (QED) is 0.420. The molecule has 186 valence electrons. The van der Waals surface area contributed by atoms with E-state index in [-0.39, 0.29) is 31.0 Å². The summed E-state index contributed by atoms with van der Waals surface area (Å²) in [7, 11) is 3.13. The van der Waals surface area contributed by atoms with E-state index in [1.165, 1.54) is 4.57 Å². The number of benzene rings is 2. The summed E-state index contributed by atoms with van der Waals surface area (Å²) in [5, 5.41) is 0. The van der Waals surface area contributed by atoms with Crippen molar-refractivity contribution < 1.29 is 14.3 Å². The van der Waals surface area contributed by atoms with Gasteiger partial charge in [-0.1, -0.05) is 43.3 Å². The minimum absolute atomic E-state index is 0.0302. The highest BCUT2D eigenvalue weighted by Crippen LogP contribution is 2.28. The molecule has 0 unspecified atom stereocenters. The average molecular weight is 481 g/mol. The predicted molar refractivity (Wildman–Crippen MR) is 135 cm³/mol. The Labute approximate surface area is 204 Å². The number of nitrogens with zero attached hydrogens (tertiary/aromatic N) is 3. The lowest BCUT2D eigenvalue weighted by atomic mass is 10.1. The fraction of sp³-hybridized carbons (Fsp3) is 0.346. The molecule has 2 N–H and O–H groups in total. The summed E-state index contributed by atoms with van der Waals surface area (Å²) < 4.78 is 13.0. The number of hydrogen-bond acceptors (Lipinski definition) is 7. The minimum Gasteiger partial charge on any atom is -0.493 e. The molecule has 0 fully saturated rings. The fourth-order valence-electron chi connectivity index (χ4n) is 3.97. The van der Waals surface area contributed by atoms with Crippen LogP contribution in [0.25, 0.3) is 0 Å². The van der Waals surface area contributed by atoms with Crippen LogP contribution in [0.4, 0.5) is 5.82 Å². The van der Waals surface area contributed by atoms with Crippen molar-refractivity contribution in [2.75, 3.05) is 33.0 Å². The van der Waals surface area contributed by atoms with Crippen LogP contribution in [0.15, 0.2) is 58.1 Å². The molecule has 0 spiro atoms. The standard InChI is InChI=1S/C26H32N4O5/c1-5-28(15-19-12-13-21(34-3)22(14-19)35-4)17-20(31)23-24(27)30(16-18-10-8-7-9-11-18)26(33)29(6-2)25(23)32/h7-14H,5-6,15-17,27H2,1-4H3. The summed E-state index contributed by atoms with van der Waals surface area (Å²) in [5.74, 6) is 0.666. The number of ketones is 1. The summed E-state index contributed by atoms with van der Waals surface area (Å²) in [4.78, 5) is 41.3. The van der Waals surface area contributed by atoms with Crippen molar-refractivity contribution in [1.29, 1.82) is 0 Å². The molecule has 1 aromatic heterocycles. The molecule has 9 heteroatoms.